The molecule has 0 aliphatic rings. The van der Waals surface area contributed by atoms with Crippen molar-refractivity contribution in [3.05, 3.63) is 12.2 Å². The van der Waals surface area contributed by atoms with Gasteiger partial charge in [0.15, 0.2) is 0 Å². The Morgan fingerprint density at radius 1 is 0.643 bits per heavy atom. The summed E-state index contributed by atoms with van der Waals surface area (Å²) >= 11 is 0. The molecule has 0 aromatic rings. The molecule has 0 heterocycles. The molecule has 1 atom stereocenters. The van der Waals surface area contributed by atoms with E-state index in [1.807, 2.05) is 6.08 Å². The number of aliphatic hydroxyl groups is 1. The average Bonchev–Trinajstić information content (AvgIpc) is 2.98. The Kier molecular flexibility index (Phi) is 31.4. The van der Waals surface area contributed by atoms with Gasteiger partial charge in [-0.15, -0.1) is 0 Å². The van der Waals surface area contributed by atoms with Crippen LogP contribution >= 0.6 is 0 Å². The van der Waals surface area contributed by atoms with Crippen molar-refractivity contribution in [1.29, 1.82) is 0 Å². The third-order valence-corrected chi connectivity index (χ3v) is 7.94. The predicted molar refractivity (Wildman–Crippen MR) is 177 cm³/mol. The highest BCUT2D eigenvalue weighted by Gasteiger charge is 2.09. The summed E-state index contributed by atoms with van der Waals surface area (Å²) in [7, 11) is 0. The normalized spacial score (nSPS) is 12.3. The van der Waals surface area contributed by atoms with Crippen molar-refractivity contribution in [2.45, 2.75) is 162 Å². The standard InChI is InChI=1S/C36H69NO5/c1-4-6-8-10-12-13-14-16-24-32-41-35(39)26-20-17-22-28-37(30-31-38)29-23-18-21-27-36(40)42-33-34(3)25-19-15-11-9-7-5-2/h16,24,34,38H,4-15,17-23,25-33H2,1-3H3/b24-16-. The van der Waals surface area contributed by atoms with Crippen molar-refractivity contribution in [3.8, 4) is 0 Å². The molecule has 0 aliphatic carbocycles. The van der Waals surface area contributed by atoms with E-state index in [4.69, 9.17) is 9.47 Å². The highest BCUT2D eigenvalue weighted by atomic mass is 16.5. The van der Waals surface area contributed by atoms with Gasteiger partial charge in [-0.1, -0.05) is 116 Å². The minimum Gasteiger partial charge on any atom is -0.465 e. The summed E-state index contributed by atoms with van der Waals surface area (Å²) in [6, 6.07) is 0. The number of nitrogens with zero attached hydrogens (tertiary/aromatic N) is 1. The molecule has 1 N–H and O–H groups in total. The van der Waals surface area contributed by atoms with Gasteiger partial charge in [0, 0.05) is 19.4 Å². The summed E-state index contributed by atoms with van der Waals surface area (Å²) in [6.07, 6.45) is 28.6. The summed E-state index contributed by atoms with van der Waals surface area (Å²) in [5, 5.41) is 9.42. The van der Waals surface area contributed by atoms with Crippen molar-refractivity contribution in [1.82, 2.24) is 4.90 Å². The molecule has 1 unspecified atom stereocenters. The molecule has 248 valence electrons. The van der Waals surface area contributed by atoms with Crippen LogP contribution in [0.4, 0.5) is 0 Å². The van der Waals surface area contributed by atoms with E-state index in [-0.39, 0.29) is 18.5 Å². The average molecular weight is 596 g/mol. The summed E-state index contributed by atoms with van der Waals surface area (Å²) in [5.74, 6) is 0.261. The third-order valence-electron chi connectivity index (χ3n) is 7.94. The van der Waals surface area contributed by atoms with Gasteiger partial charge in [0.25, 0.3) is 0 Å². The first kappa shape index (κ1) is 40.6. The minimum absolute atomic E-state index is 0.0697. The van der Waals surface area contributed by atoms with Crippen LogP contribution in [0.25, 0.3) is 0 Å². The minimum atomic E-state index is -0.114. The van der Waals surface area contributed by atoms with Crippen molar-refractivity contribution < 1.29 is 24.2 Å². The SMILES string of the molecule is CCCCCCCC/C=C\COC(=O)CCCCCN(CCO)CCCCCC(=O)OCC(C)CCCCCCCC. The fourth-order valence-corrected chi connectivity index (χ4v) is 5.15. The molecule has 0 rings (SSSR count). The van der Waals surface area contributed by atoms with Gasteiger partial charge in [-0.2, -0.15) is 0 Å². The molecule has 0 saturated carbocycles. The van der Waals surface area contributed by atoms with Crippen molar-refractivity contribution >= 4 is 11.9 Å². The van der Waals surface area contributed by atoms with Gasteiger partial charge in [0.2, 0.25) is 0 Å². The van der Waals surface area contributed by atoms with E-state index in [0.717, 1.165) is 64.5 Å². The monoisotopic (exact) mass is 596 g/mol. The molecular weight excluding hydrogens is 526 g/mol. The van der Waals surface area contributed by atoms with Crippen LogP contribution in [0, 0.1) is 5.92 Å². The maximum absolute atomic E-state index is 12.1. The zero-order chi connectivity index (χ0) is 30.9. The Hall–Kier alpha value is -1.40. The van der Waals surface area contributed by atoms with E-state index in [1.165, 1.54) is 77.0 Å². The molecule has 0 aliphatic heterocycles. The van der Waals surface area contributed by atoms with Crippen LogP contribution in [0.3, 0.4) is 0 Å². The van der Waals surface area contributed by atoms with Crippen LogP contribution < -0.4 is 0 Å². The van der Waals surface area contributed by atoms with Crippen molar-refractivity contribution in [2.24, 2.45) is 5.92 Å². The predicted octanol–water partition coefficient (Wildman–Crippen LogP) is 9.18. The number of aliphatic hydroxyl groups excluding tert-OH is 1. The molecule has 0 spiro atoms. The summed E-state index contributed by atoms with van der Waals surface area (Å²) in [4.78, 5) is 26.3. The fourth-order valence-electron chi connectivity index (χ4n) is 5.15. The molecule has 6 heteroatoms. The van der Waals surface area contributed by atoms with Crippen LogP contribution in [0.1, 0.15) is 162 Å². The van der Waals surface area contributed by atoms with Crippen LogP contribution in [-0.4, -0.2) is 61.4 Å². The number of allylic oxidation sites excluding steroid dienone is 1. The molecular formula is C36H69NO5. The van der Waals surface area contributed by atoms with Gasteiger partial charge in [0.05, 0.1) is 13.2 Å². The maximum atomic E-state index is 12.1. The van der Waals surface area contributed by atoms with Crippen molar-refractivity contribution in [3.63, 3.8) is 0 Å². The van der Waals surface area contributed by atoms with Gasteiger partial charge in [-0.05, 0) is 64.0 Å². The van der Waals surface area contributed by atoms with Crippen LogP contribution in [0.2, 0.25) is 0 Å². The highest BCUT2D eigenvalue weighted by molar-refractivity contribution is 5.69. The van der Waals surface area contributed by atoms with Gasteiger partial charge in [-0.25, -0.2) is 0 Å². The number of hydrogen-bond acceptors (Lipinski definition) is 6. The van der Waals surface area contributed by atoms with Crippen molar-refractivity contribution in [2.75, 3.05) is 39.5 Å². The zero-order valence-corrected chi connectivity index (χ0v) is 28.1. The van der Waals surface area contributed by atoms with Crippen LogP contribution in [0.15, 0.2) is 12.2 Å². The number of carbonyl (C=O) groups is 2. The number of carbonyl (C=O) groups excluding carboxylic acids is 2. The number of ether oxygens (including phenoxy) is 2. The Morgan fingerprint density at radius 3 is 1.76 bits per heavy atom. The second-order valence-electron chi connectivity index (χ2n) is 12.2. The smallest absolute Gasteiger partial charge is 0.306 e. The van der Waals surface area contributed by atoms with E-state index >= 15 is 0 Å². The first-order chi connectivity index (χ1) is 20.5. The van der Waals surface area contributed by atoms with E-state index in [1.54, 1.807) is 0 Å². The molecule has 0 saturated heterocycles. The Balaban J connectivity index is 3.71. The Morgan fingerprint density at radius 2 is 1.17 bits per heavy atom. The summed E-state index contributed by atoms with van der Waals surface area (Å²) in [6.45, 7) is 10.3. The topological polar surface area (TPSA) is 76.1 Å². The lowest BCUT2D eigenvalue weighted by molar-refractivity contribution is -0.145. The molecule has 6 nitrogen and oxygen atoms in total. The Bertz CT molecular complexity index is 624. The first-order valence-corrected chi connectivity index (χ1v) is 17.8. The van der Waals surface area contributed by atoms with Gasteiger partial charge in [-0.3, -0.25) is 9.59 Å². The van der Waals surface area contributed by atoms with E-state index in [2.05, 4.69) is 31.7 Å². The fraction of sp³-hybridized carbons (Fsp3) is 0.889. The molecule has 42 heavy (non-hydrogen) atoms. The van der Waals surface area contributed by atoms with E-state index in [9.17, 15) is 14.7 Å². The molecule has 0 radical (unpaired) electrons. The molecule has 0 amide bonds. The number of rotatable bonds is 32. The summed E-state index contributed by atoms with van der Waals surface area (Å²) in [5.41, 5.74) is 0. The first-order valence-electron chi connectivity index (χ1n) is 17.8. The van der Waals surface area contributed by atoms with E-state index in [0.29, 0.717) is 38.5 Å². The number of hydrogen-bond donors (Lipinski definition) is 1. The third kappa shape index (κ3) is 30.1. The maximum Gasteiger partial charge on any atom is 0.306 e. The molecule has 0 fully saturated rings. The lowest BCUT2D eigenvalue weighted by atomic mass is 10.0. The summed E-state index contributed by atoms with van der Waals surface area (Å²) < 4.78 is 10.8. The van der Waals surface area contributed by atoms with Gasteiger partial charge >= 0.3 is 11.9 Å². The Labute approximate surface area is 260 Å². The van der Waals surface area contributed by atoms with Crippen LogP contribution in [0.5, 0.6) is 0 Å². The largest absolute Gasteiger partial charge is 0.465 e. The quantitative estimate of drug-likeness (QED) is 0.0475. The molecule has 0 aromatic carbocycles. The van der Waals surface area contributed by atoms with Gasteiger partial charge < -0.3 is 19.5 Å². The number of unbranched alkanes of at least 4 members (excludes halogenated alkanes) is 15. The second kappa shape index (κ2) is 32.5. The molecule has 0 bridgehead atoms. The number of esters is 2. The molecule has 0 aromatic heterocycles. The van der Waals surface area contributed by atoms with Crippen LogP contribution in [-0.2, 0) is 19.1 Å². The lowest BCUT2D eigenvalue weighted by Gasteiger charge is -2.21. The highest BCUT2D eigenvalue weighted by Crippen LogP contribution is 2.13. The second-order valence-corrected chi connectivity index (χ2v) is 12.2. The zero-order valence-electron chi connectivity index (χ0n) is 28.1. The lowest BCUT2D eigenvalue weighted by Crippen LogP contribution is -2.29. The van der Waals surface area contributed by atoms with E-state index < -0.39 is 0 Å². The van der Waals surface area contributed by atoms with Gasteiger partial charge in [0.1, 0.15) is 6.61 Å².